The fourth-order valence-corrected chi connectivity index (χ4v) is 5.39. The number of aromatic hydroxyl groups is 1. The Morgan fingerprint density at radius 2 is 1.97 bits per heavy atom. The van der Waals surface area contributed by atoms with Gasteiger partial charge in [-0.25, -0.2) is 14.3 Å². The van der Waals surface area contributed by atoms with Crippen LogP contribution in [0.4, 0.5) is 10.5 Å². The first kappa shape index (κ1) is 22.6. The van der Waals surface area contributed by atoms with E-state index in [1.54, 1.807) is 19.2 Å². The van der Waals surface area contributed by atoms with Gasteiger partial charge in [-0.05, 0) is 41.1 Å². The summed E-state index contributed by atoms with van der Waals surface area (Å²) in [4.78, 5) is 41.0. The summed E-state index contributed by atoms with van der Waals surface area (Å²) in [6, 6.07) is 4.50. The molecule has 0 aliphatic carbocycles. The van der Waals surface area contributed by atoms with Crippen molar-refractivity contribution in [2.75, 3.05) is 11.9 Å². The van der Waals surface area contributed by atoms with Crippen molar-refractivity contribution >= 4 is 64.9 Å². The number of hydrogen-bond acceptors (Lipinski definition) is 8. The molecule has 1 aromatic heterocycles. The third kappa shape index (κ3) is 3.54. The standard InChI is InChI=1S/C18H17N7O5S.Na.H/c1-23-18(20-21-22-23)31-11-6-8-7-24(17(30)19-9-2-4-10(26)5-3-9)14-12(8)25(15(14)27)13(11)16(28)29;;/h2-5,8,12,14,26H,6-7H2,1H3,(H,19,30)(H,28,29);;/t8-,12-,14+;;/m1../s1. The van der Waals surface area contributed by atoms with Crippen LogP contribution < -0.4 is 5.32 Å². The normalized spacial score (nSPS) is 23.4. The zero-order chi connectivity index (χ0) is 21.9. The number of thioether (sulfide) groups is 1. The van der Waals surface area contributed by atoms with Gasteiger partial charge in [0.2, 0.25) is 5.16 Å². The molecule has 5 rings (SSSR count). The van der Waals surface area contributed by atoms with E-state index in [2.05, 4.69) is 20.8 Å². The van der Waals surface area contributed by atoms with Crippen LogP contribution in [0.25, 0.3) is 0 Å². The number of aromatic nitrogens is 4. The van der Waals surface area contributed by atoms with Gasteiger partial charge in [0, 0.05) is 30.1 Å². The Kier molecular flexibility index (Phi) is 5.92. The number of benzene rings is 1. The van der Waals surface area contributed by atoms with Crippen molar-refractivity contribution in [1.29, 1.82) is 0 Å². The third-order valence-corrected chi connectivity index (χ3v) is 6.83. The Morgan fingerprint density at radius 3 is 2.59 bits per heavy atom. The van der Waals surface area contributed by atoms with Gasteiger partial charge in [0.1, 0.15) is 17.5 Å². The molecule has 0 radical (unpaired) electrons. The molecule has 32 heavy (non-hydrogen) atoms. The molecule has 3 atom stereocenters. The number of amides is 3. The van der Waals surface area contributed by atoms with Crippen molar-refractivity contribution in [2.45, 2.75) is 23.7 Å². The first-order valence-corrected chi connectivity index (χ1v) is 10.2. The average molecular weight is 467 g/mol. The molecule has 3 amide bonds. The number of β-lactam (4-membered cyclic amide) rings is 1. The summed E-state index contributed by atoms with van der Waals surface area (Å²) in [5, 5.41) is 33.5. The van der Waals surface area contributed by atoms with Crippen molar-refractivity contribution in [1.82, 2.24) is 30.0 Å². The molecule has 12 nitrogen and oxygen atoms in total. The number of hydrogen-bond donors (Lipinski definition) is 3. The zero-order valence-corrected chi connectivity index (χ0v) is 17.0. The van der Waals surface area contributed by atoms with Crippen LogP contribution in [-0.4, -0.2) is 106 Å². The van der Waals surface area contributed by atoms with Gasteiger partial charge in [0.05, 0.1) is 6.04 Å². The van der Waals surface area contributed by atoms with E-state index in [1.807, 2.05) is 0 Å². The Balaban J connectivity index is 0.00000245. The van der Waals surface area contributed by atoms with Crippen molar-refractivity contribution in [3.63, 3.8) is 0 Å². The summed E-state index contributed by atoms with van der Waals surface area (Å²) in [7, 11) is 1.64. The number of rotatable bonds is 4. The molecule has 0 saturated carbocycles. The van der Waals surface area contributed by atoms with Gasteiger partial charge in [-0.2, -0.15) is 0 Å². The van der Waals surface area contributed by atoms with Crippen LogP contribution >= 0.6 is 11.8 Å². The molecule has 162 valence electrons. The number of carbonyl (C=O) groups excluding carboxylic acids is 2. The number of carboxylic acid groups (broad SMARTS) is 1. The third-order valence-electron chi connectivity index (χ3n) is 5.69. The SMILES string of the molecule is Cn1nnnc1SC1=C(C(=O)O)N2C(=O)[C@@H]3[C@H]2[C@H](C1)CN3C(=O)Nc1ccc(O)cc1.[NaH]. The predicted molar refractivity (Wildman–Crippen MR) is 113 cm³/mol. The monoisotopic (exact) mass is 467 g/mol. The molecule has 3 aliphatic heterocycles. The van der Waals surface area contributed by atoms with Crippen LogP contribution in [0.5, 0.6) is 5.75 Å². The number of carbonyl (C=O) groups is 3. The van der Waals surface area contributed by atoms with Crippen LogP contribution in [0.2, 0.25) is 0 Å². The van der Waals surface area contributed by atoms with Gasteiger partial charge in [0.25, 0.3) is 5.91 Å². The van der Waals surface area contributed by atoms with Crippen LogP contribution in [0, 0.1) is 5.92 Å². The Hall–Kier alpha value is -2.61. The second-order valence-corrected chi connectivity index (χ2v) is 8.56. The number of urea groups is 1. The maximum atomic E-state index is 12.9. The molecule has 1 aromatic carbocycles. The Labute approximate surface area is 207 Å². The van der Waals surface area contributed by atoms with Crippen molar-refractivity contribution in [3.8, 4) is 5.75 Å². The molecule has 0 spiro atoms. The summed E-state index contributed by atoms with van der Waals surface area (Å²) in [5.74, 6) is -1.64. The average Bonchev–Trinajstić information content (AvgIpc) is 3.30. The predicted octanol–water partition coefficient (Wildman–Crippen LogP) is -0.198. The maximum absolute atomic E-state index is 12.9. The second-order valence-electron chi connectivity index (χ2n) is 7.50. The van der Waals surface area contributed by atoms with Crippen LogP contribution in [0.3, 0.4) is 0 Å². The van der Waals surface area contributed by atoms with E-state index in [1.165, 1.54) is 26.6 Å². The number of tetrazole rings is 1. The van der Waals surface area contributed by atoms with E-state index in [9.17, 15) is 24.6 Å². The topological polar surface area (TPSA) is 154 Å². The van der Waals surface area contributed by atoms with Crippen molar-refractivity contribution < 1.29 is 24.6 Å². The van der Waals surface area contributed by atoms with Gasteiger partial charge >= 0.3 is 41.6 Å². The van der Waals surface area contributed by atoms with Gasteiger partial charge in [-0.15, -0.1) is 5.10 Å². The van der Waals surface area contributed by atoms with E-state index >= 15 is 0 Å². The number of aliphatic carboxylic acids is 1. The number of nitrogens with one attached hydrogen (secondary N) is 1. The molecule has 0 bridgehead atoms. The van der Waals surface area contributed by atoms with Gasteiger partial charge < -0.3 is 20.4 Å². The molecular formula is C18H18N7NaO5S. The minimum atomic E-state index is -1.20. The van der Waals surface area contributed by atoms with E-state index in [0.29, 0.717) is 28.7 Å². The molecule has 3 aliphatic rings. The second kappa shape index (κ2) is 8.39. The van der Waals surface area contributed by atoms with Crippen molar-refractivity contribution in [3.05, 3.63) is 34.9 Å². The minimum absolute atomic E-state index is 0. The molecule has 0 unspecified atom stereocenters. The summed E-state index contributed by atoms with van der Waals surface area (Å²) >= 11 is 1.12. The van der Waals surface area contributed by atoms with Crippen LogP contribution in [0.1, 0.15) is 6.42 Å². The first-order valence-electron chi connectivity index (χ1n) is 9.41. The van der Waals surface area contributed by atoms with Gasteiger partial charge in [-0.1, -0.05) is 11.8 Å². The van der Waals surface area contributed by atoms with Gasteiger partial charge in [-0.3, -0.25) is 9.69 Å². The van der Waals surface area contributed by atoms with Gasteiger partial charge in [0.15, 0.2) is 0 Å². The van der Waals surface area contributed by atoms with Crippen LogP contribution in [0.15, 0.2) is 40.0 Å². The molecule has 2 fully saturated rings. The van der Waals surface area contributed by atoms with E-state index in [0.717, 1.165) is 11.8 Å². The molecule has 2 aromatic rings. The summed E-state index contributed by atoms with van der Waals surface area (Å²) in [5.41, 5.74) is 0.410. The fraction of sp³-hybridized carbons (Fsp3) is 0.333. The quantitative estimate of drug-likeness (QED) is 0.315. The molecule has 14 heteroatoms. The summed E-state index contributed by atoms with van der Waals surface area (Å²) < 4.78 is 1.43. The number of carboxylic acids is 1. The fourth-order valence-electron chi connectivity index (χ4n) is 4.35. The number of anilines is 1. The zero-order valence-electron chi connectivity index (χ0n) is 16.2. The first-order chi connectivity index (χ1) is 14.8. The van der Waals surface area contributed by atoms with E-state index in [4.69, 9.17) is 0 Å². The number of aryl methyl sites for hydroxylation is 1. The molecule has 2 saturated heterocycles. The Morgan fingerprint density at radius 1 is 1.25 bits per heavy atom. The Bertz CT molecular complexity index is 1140. The molecule has 4 heterocycles. The van der Waals surface area contributed by atoms with Crippen molar-refractivity contribution in [2.24, 2.45) is 13.0 Å². The number of allylic oxidation sites excluding steroid dienone is 1. The number of nitrogens with zero attached hydrogens (tertiary/aromatic N) is 6. The van der Waals surface area contributed by atoms with Crippen LogP contribution in [-0.2, 0) is 16.6 Å². The number of phenols is 1. The number of phenolic OH excluding ortho intramolecular Hbond substituents is 1. The van der Waals surface area contributed by atoms with E-state index in [-0.39, 0.29) is 53.0 Å². The molecular weight excluding hydrogens is 449 g/mol. The van der Waals surface area contributed by atoms with E-state index < -0.39 is 23.9 Å². The summed E-state index contributed by atoms with van der Waals surface area (Å²) in [6.45, 7) is 0.315. The summed E-state index contributed by atoms with van der Waals surface area (Å²) in [6.07, 6.45) is 0.396. The molecule has 3 N–H and O–H groups in total. The number of likely N-dealkylation sites (tertiary alicyclic amines) is 1.